The second kappa shape index (κ2) is 8.31. The number of amides is 1. The molecular formula is C17H23N7O5. The Balaban J connectivity index is 1.68. The van der Waals surface area contributed by atoms with Crippen LogP contribution < -0.4 is 32.9 Å². The van der Waals surface area contributed by atoms with Crippen LogP contribution in [0.3, 0.4) is 0 Å². The minimum absolute atomic E-state index is 0.0352. The Labute approximate surface area is 165 Å². The van der Waals surface area contributed by atoms with Gasteiger partial charge in [0.2, 0.25) is 5.91 Å². The van der Waals surface area contributed by atoms with Crippen LogP contribution in [0, 0.1) is 0 Å². The number of carboxylic acids is 1. The van der Waals surface area contributed by atoms with Crippen molar-refractivity contribution in [2.45, 2.75) is 37.3 Å². The number of carbonyl (C=O) groups is 2. The number of nitrogens with two attached hydrogens (primary N) is 2. The summed E-state index contributed by atoms with van der Waals surface area (Å²) in [4.78, 5) is 39.5. The molecule has 2 aliphatic rings. The van der Waals surface area contributed by atoms with Gasteiger partial charge in [0.1, 0.15) is 11.9 Å². The summed E-state index contributed by atoms with van der Waals surface area (Å²) in [6.45, 7) is 0.705. The summed E-state index contributed by atoms with van der Waals surface area (Å²) < 4.78 is 8.39. The van der Waals surface area contributed by atoms with E-state index in [4.69, 9.17) is 16.2 Å². The van der Waals surface area contributed by atoms with Gasteiger partial charge in [-0.05, 0) is 12.1 Å². The number of guanidine groups is 1. The zero-order valence-corrected chi connectivity index (χ0v) is 15.8. The van der Waals surface area contributed by atoms with Gasteiger partial charge in [-0.3, -0.25) is 25.0 Å². The van der Waals surface area contributed by atoms with Gasteiger partial charge in [0.15, 0.2) is 6.23 Å². The molecule has 156 valence electrons. The van der Waals surface area contributed by atoms with Gasteiger partial charge in [-0.25, -0.2) is 4.79 Å². The van der Waals surface area contributed by atoms with Gasteiger partial charge in [0.05, 0.1) is 38.1 Å². The topological polar surface area (TPSA) is 180 Å². The molecule has 0 aliphatic carbocycles. The molecule has 0 saturated heterocycles. The van der Waals surface area contributed by atoms with Crippen molar-refractivity contribution in [1.29, 1.82) is 0 Å². The summed E-state index contributed by atoms with van der Waals surface area (Å²) in [6, 6.07) is 0.278. The third-order valence-electron chi connectivity index (χ3n) is 4.79. The minimum Gasteiger partial charge on any atom is -0.547 e. The summed E-state index contributed by atoms with van der Waals surface area (Å²) >= 11 is 0. The zero-order chi connectivity index (χ0) is 21.1. The van der Waals surface area contributed by atoms with E-state index in [2.05, 4.69) is 15.6 Å². The van der Waals surface area contributed by atoms with Crippen LogP contribution in [0.4, 0.5) is 5.82 Å². The van der Waals surface area contributed by atoms with Crippen LogP contribution in [-0.2, 0) is 14.3 Å². The first-order valence-corrected chi connectivity index (χ1v) is 9.03. The van der Waals surface area contributed by atoms with Crippen molar-refractivity contribution in [3.05, 3.63) is 34.9 Å². The highest BCUT2D eigenvalue weighted by molar-refractivity contribution is 5.81. The first-order valence-electron chi connectivity index (χ1n) is 9.03. The number of carboxylic acid groups (broad SMARTS) is 1. The van der Waals surface area contributed by atoms with Crippen molar-refractivity contribution in [3.8, 4) is 0 Å². The van der Waals surface area contributed by atoms with Gasteiger partial charge in [0.25, 0.3) is 0 Å². The van der Waals surface area contributed by atoms with Crippen molar-refractivity contribution in [1.82, 2.24) is 20.2 Å². The fourth-order valence-corrected chi connectivity index (χ4v) is 3.18. The largest absolute Gasteiger partial charge is 0.547 e. The number of hydrogen-bond acceptors (Lipinski definition) is 9. The molecule has 1 amide bonds. The predicted octanol–water partition coefficient (Wildman–Crippen LogP) is -3.78. The minimum atomic E-state index is -1.52. The first kappa shape index (κ1) is 20.3. The molecule has 0 saturated carbocycles. The second-order valence-corrected chi connectivity index (χ2v) is 6.93. The van der Waals surface area contributed by atoms with E-state index in [-0.39, 0.29) is 24.2 Å². The number of aliphatic carboxylic acids is 1. The molecule has 4 atom stereocenters. The lowest BCUT2D eigenvalue weighted by molar-refractivity contribution is -0.506. The molecule has 12 heteroatoms. The highest BCUT2D eigenvalue weighted by atomic mass is 16.5. The molecule has 12 nitrogen and oxygen atoms in total. The summed E-state index contributed by atoms with van der Waals surface area (Å²) in [7, 11) is 1.84. The number of ether oxygens (including phenoxy) is 1. The number of rotatable bonds is 5. The normalized spacial score (nSPS) is 26.7. The Bertz CT molecular complexity index is 925. The molecule has 1 aromatic heterocycles. The van der Waals surface area contributed by atoms with Crippen LogP contribution in [0.25, 0.3) is 0 Å². The second-order valence-electron chi connectivity index (χ2n) is 6.93. The quantitative estimate of drug-likeness (QED) is 0.282. The zero-order valence-electron chi connectivity index (χ0n) is 15.8. The maximum absolute atomic E-state index is 12.4. The number of nitrogens with zero attached hydrogens (tertiary/aromatic N) is 3. The number of carbonyl (C=O) groups excluding carboxylic acids is 2. The Kier molecular flexibility index (Phi) is 5.82. The summed E-state index contributed by atoms with van der Waals surface area (Å²) in [5, 5.41) is 17.2. The van der Waals surface area contributed by atoms with Crippen LogP contribution in [0.15, 0.2) is 29.2 Å². The molecular weight excluding hydrogens is 382 g/mol. The average Bonchev–Trinajstić information content (AvgIpc) is 2.65. The molecule has 3 heterocycles. The van der Waals surface area contributed by atoms with Crippen LogP contribution >= 0.6 is 0 Å². The van der Waals surface area contributed by atoms with Crippen LogP contribution in [-0.4, -0.2) is 63.7 Å². The van der Waals surface area contributed by atoms with Crippen molar-refractivity contribution in [2.24, 2.45) is 5.73 Å². The Morgan fingerprint density at radius 1 is 1.45 bits per heavy atom. The molecule has 2 aliphatic heterocycles. The first-order chi connectivity index (χ1) is 13.7. The van der Waals surface area contributed by atoms with Crippen molar-refractivity contribution < 1.29 is 24.0 Å². The van der Waals surface area contributed by atoms with Crippen molar-refractivity contribution in [3.63, 3.8) is 0 Å². The molecule has 0 spiro atoms. The smallest absolute Gasteiger partial charge is 0.351 e. The monoisotopic (exact) mass is 405 g/mol. The highest BCUT2D eigenvalue weighted by Crippen LogP contribution is 2.20. The molecule has 0 fully saturated rings. The lowest BCUT2D eigenvalue weighted by Crippen LogP contribution is -2.56. The van der Waals surface area contributed by atoms with E-state index in [9.17, 15) is 19.5 Å². The molecule has 6 N–H and O–H groups in total. The van der Waals surface area contributed by atoms with Gasteiger partial charge >= 0.3 is 11.6 Å². The van der Waals surface area contributed by atoms with Gasteiger partial charge in [-0.2, -0.15) is 4.98 Å². The van der Waals surface area contributed by atoms with Gasteiger partial charge in [-0.1, -0.05) is 6.08 Å². The fraction of sp³-hybridized carbons (Fsp3) is 0.471. The molecule has 29 heavy (non-hydrogen) atoms. The highest BCUT2D eigenvalue weighted by Gasteiger charge is 2.32. The molecule has 1 unspecified atom stereocenters. The summed E-state index contributed by atoms with van der Waals surface area (Å²) in [5.74, 6) is -1.37. The Morgan fingerprint density at radius 3 is 2.86 bits per heavy atom. The number of aromatic nitrogens is 2. The lowest BCUT2D eigenvalue weighted by atomic mass is 10.1. The lowest BCUT2D eigenvalue weighted by Gasteiger charge is -2.34. The molecule has 0 aromatic carbocycles. The maximum atomic E-state index is 12.4. The predicted molar refractivity (Wildman–Crippen MR) is 99.3 cm³/mol. The summed E-state index contributed by atoms with van der Waals surface area (Å²) in [5.41, 5.74) is 10.6. The SMILES string of the molecule is C[N+]1=C(N)NC(CC(=O)N[C@H]2C=C[C@H](n3ccc(N)nc3=O)O[C@@H]2C(=O)[O-])CC1. The standard InChI is InChI=1S/C17H23N7O5/c1-23-6-4-9(20-16(23)19)8-12(25)21-10-2-3-13(29-14(10)15(26)27)24-7-5-11(18)22-17(24)28/h2-3,5,7,9-10,13-14H,4,6,8H2,1H3,(H6,18,19,20,21,22,25,26,27,28)/t9?,10-,13+,14-/m0/s1. The van der Waals surface area contributed by atoms with Crippen LogP contribution in [0.1, 0.15) is 19.1 Å². The Hall–Kier alpha value is -3.41. The van der Waals surface area contributed by atoms with E-state index in [1.54, 1.807) is 0 Å². The molecule has 1 aromatic rings. The molecule has 3 rings (SSSR count). The fourth-order valence-electron chi connectivity index (χ4n) is 3.18. The number of hydrogen-bond donors (Lipinski definition) is 4. The third-order valence-corrected chi connectivity index (χ3v) is 4.79. The van der Waals surface area contributed by atoms with Crippen LogP contribution in [0.5, 0.6) is 0 Å². The van der Waals surface area contributed by atoms with E-state index in [0.29, 0.717) is 18.9 Å². The maximum Gasteiger partial charge on any atom is 0.351 e. The van der Waals surface area contributed by atoms with Gasteiger partial charge in [-0.15, -0.1) is 0 Å². The van der Waals surface area contributed by atoms with E-state index < -0.39 is 30.0 Å². The third kappa shape index (κ3) is 4.71. The number of anilines is 1. The van der Waals surface area contributed by atoms with E-state index >= 15 is 0 Å². The number of nitrogens with one attached hydrogen (secondary N) is 2. The van der Waals surface area contributed by atoms with Crippen molar-refractivity contribution >= 4 is 23.7 Å². The average molecular weight is 405 g/mol. The summed E-state index contributed by atoms with van der Waals surface area (Å²) in [6.07, 6.45) is 2.58. The van der Waals surface area contributed by atoms with E-state index in [1.807, 2.05) is 11.6 Å². The van der Waals surface area contributed by atoms with E-state index in [0.717, 1.165) is 4.57 Å². The van der Waals surface area contributed by atoms with Gasteiger partial charge < -0.3 is 25.7 Å². The van der Waals surface area contributed by atoms with Gasteiger partial charge in [0, 0.05) is 12.6 Å². The van der Waals surface area contributed by atoms with Crippen LogP contribution in [0.2, 0.25) is 0 Å². The molecule has 0 bridgehead atoms. The Morgan fingerprint density at radius 2 is 2.21 bits per heavy atom. The molecule has 0 radical (unpaired) electrons. The van der Waals surface area contributed by atoms with E-state index in [1.165, 1.54) is 24.4 Å². The number of nitrogen functional groups attached to an aromatic ring is 1. The van der Waals surface area contributed by atoms with Crippen molar-refractivity contribution in [2.75, 3.05) is 19.3 Å².